The molecule has 9 nitrogen and oxygen atoms in total. The van der Waals surface area contributed by atoms with Gasteiger partial charge in [0.15, 0.2) is 11.3 Å². The summed E-state index contributed by atoms with van der Waals surface area (Å²) in [4.78, 5) is 22.3. The fourth-order valence-corrected chi connectivity index (χ4v) is 1.91. The van der Waals surface area contributed by atoms with Crippen molar-refractivity contribution in [2.75, 3.05) is 28.1 Å². The number of benzene rings is 1. The lowest BCUT2D eigenvalue weighted by Crippen LogP contribution is -2.10. The highest BCUT2D eigenvalue weighted by atomic mass is 16.7. The number of esters is 1. The molecule has 20 heavy (non-hydrogen) atoms. The molecule has 0 saturated carbocycles. The number of hydrogen-bond acceptors (Lipinski definition) is 8. The van der Waals surface area contributed by atoms with Gasteiger partial charge in [-0.3, -0.25) is 10.1 Å². The van der Waals surface area contributed by atoms with Crippen LogP contribution in [0.25, 0.3) is 0 Å². The fourth-order valence-electron chi connectivity index (χ4n) is 1.91. The molecule has 1 aromatic rings. The van der Waals surface area contributed by atoms with Crippen LogP contribution in [0.4, 0.5) is 5.69 Å². The van der Waals surface area contributed by atoms with Crippen LogP contribution < -0.4 is 18.9 Å². The Bertz CT molecular complexity index is 583. The van der Waals surface area contributed by atoms with Gasteiger partial charge in [-0.05, 0) is 0 Å². The summed E-state index contributed by atoms with van der Waals surface area (Å²) >= 11 is 0. The van der Waals surface area contributed by atoms with Gasteiger partial charge in [0, 0.05) is 0 Å². The number of carbonyl (C=O) groups excluding carboxylic acids is 1. The molecule has 1 aliphatic rings. The predicted octanol–water partition coefficient (Wildman–Crippen LogP) is 1.13. The van der Waals surface area contributed by atoms with E-state index in [4.69, 9.17) is 18.9 Å². The highest BCUT2D eigenvalue weighted by Crippen LogP contribution is 2.55. The molecule has 0 N–H and O–H groups in total. The summed E-state index contributed by atoms with van der Waals surface area (Å²) in [6.45, 7) is -0.163. The maximum absolute atomic E-state index is 11.8. The second kappa shape index (κ2) is 5.11. The molecule has 1 aliphatic heterocycles. The minimum Gasteiger partial charge on any atom is -0.492 e. The average Bonchev–Trinajstić information content (AvgIpc) is 2.92. The minimum atomic E-state index is -0.940. The first kappa shape index (κ1) is 13.7. The number of ether oxygens (including phenoxy) is 5. The van der Waals surface area contributed by atoms with Gasteiger partial charge in [0.1, 0.15) is 0 Å². The summed E-state index contributed by atoms with van der Waals surface area (Å²) < 4.78 is 24.9. The number of fused-ring (bicyclic) bond motifs is 1. The number of hydrogen-bond donors (Lipinski definition) is 0. The molecule has 0 bridgehead atoms. The largest absolute Gasteiger partial charge is 0.492 e. The van der Waals surface area contributed by atoms with Crippen molar-refractivity contribution in [3.8, 4) is 23.0 Å². The monoisotopic (exact) mass is 285 g/mol. The number of nitro benzene ring substituents is 1. The lowest BCUT2D eigenvalue weighted by atomic mass is 10.1. The first-order valence-corrected chi connectivity index (χ1v) is 5.37. The normalized spacial score (nSPS) is 11.9. The molecule has 0 fully saturated rings. The van der Waals surface area contributed by atoms with Gasteiger partial charge in [-0.15, -0.1) is 0 Å². The van der Waals surface area contributed by atoms with Gasteiger partial charge in [0.25, 0.3) is 0 Å². The molecule has 0 radical (unpaired) electrons. The maximum Gasteiger partial charge on any atom is 0.349 e. The second-order valence-electron chi connectivity index (χ2n) is 3.60. The maximum atomic E-state index is 11.8. The van der Waals surface area contributed by atoms with E-state index in [1.807, 2.05) is 0 Å². The van der Waals surface area contributed by atoms with Crippen molar-refractivity contribution in [1.82, 2.24) is 0 Å². The molecular weight excluding hydrogens is 274 g/mol. The molecule has 108 valence electrons. The van der Waals surface area contributed by atoms with E-state index in [0.717, 1.165) is 7.11 Å². The Balaban J connectivity index is 2.88. The summed E-state index contributed by atoms with van der Waals surface area (Å²) in [5.74, 6) is -1.20. The molecule has 1 heterocycles. The van der Waals surface area contributed by atoms with Crippen LogP contribution in [0.2, 0.25) is 0 Å². The van der Waals surface area contributed by atoms with Gasteiger partial charge in [0.2, 0.25) is 24.0 Å². The van der Waals surface area contributed by atoms with E-state index >= 15 is 0 Å². The number of nitrogens with zero attached hydrogens (tertiary/aromatic N) is 1. The lowest BCUT2D eigenvalue weighted by molar-refractivity contribution is -0.386. The number of carbonyl (C=O) groups is 1. The zero-order chi connectivity index (χ0) is 14.9. The van der Waals surface area contributed by atoms with Crippen LogP contribution in [-0.4, -0.2) is 39.0 Å². The van der Waals surface area contributed by atoms with E-state index < -0.39 is 16.6 Å². The molecule has 0 amide bonds. The number of nitro groups is 1. The van der Waals surface area contributed by atoms with Crippen LogP contribution in [0.15, 0.2) is 0 Å². The van der Waals surface area contributed by atoms with E-state index in [2.05, 4.69) is 4.74 Å². The Kier molecular flexibility index (Phi) is 3.51. The molecule has 0 saturated heterocycles. The SMILES string of the molecule is COC(=O)c1c(OC)c2c(c(OC)c1[N+](=O)[O-])OCO2. The lowest BCUT2D eigenvalue weighted by Gasteiger charge is -2.13. The van der Waals surface area contributed by atoms with E-state index in [0.29, 0.717) is 0 Å². The minimum absolute atomic E-state index is 0.0173. The third-order valence-electron chi connectivity index (χ3n) is 2.68. The van der Waals surface area contributed by atoms with Crippen molar-refractivity contribution in [3.63, 3.8) is 0 Å². The van der Waals surface area contributed by atoms with Crippen molar-refractivity contribution < 1.29 is 33.4 Å². The predicted molar refractivity (Wildman–Crippen MR) is 63.7 cm³/mol. The van der Waals surface area contributed by atoms with Gasteiger partial charge in [0.05, 0.1) is 26.3 Å². The Labute approximate surface area is 113 Å². The van der Waals surface area contributed by atoms with Crippen LogP contribution >= 0.6 is 0 Å². The zero-order valence-electron chi connectivity index (χ0n) is 10.9. The zero-order valence-corrected chi connectivity index (χ0v) is 10.9. The summed E-state index contributed by atoms with van der Waals surface area (Å²) in [7, 11) is 3.57. The third-order valence-corrected chi connectivity index (χ3v) is 2.68. The summed E-state index contributed by atoms with van der Waals surface area (Å²) in [5.41, 5.74) is -0.985. The first-order valence-electron chi connectivity index (χ1n) is 5.37. The highest BCUT2D eigenvalue weighted by molar-refractivity contribution is 6.01. The average molecular weight is 285 g/mol. The fraction of sp³-hybridized carbons (Fsp3) is 0.364. The Morgan fingerprint density at radius 1 is 1.15 bits per heavy atom. The number of rotatable bonds is 4. The van der Waals surface area contributed by atoms with Crippen LogP contribution in [0.1, 0.15) is 10.4 Å². The van der Waals surface area contributed by atoms with Crippen molar-refractivity contribution in [2.45, 2.75) is 0 Å². The Morgan fingerprint density at radius 2 is 1.70 bits per heavy atom. The van der Waals surface area contributed by atoms with Crippen molar-refractivity contribution in [3.05, 3.63) is 15.7 Å². The molecule has 0 aliphatic carbocycles. The Morgan fingerprint density at radius 3 is 2.15 bits per heavy atom. The molecule has 9 heteroatoms. The molecule has 0 spiro atoms. The van der Waals surface area contributed by atoms with E-state index in [1.165, 1.54) is 14.2 Å². The quantitative estimate of drug-likeness (QED) is 0.460. The molecular formula is C11H11NO8. The van der Waals surface area contributed by atoms with E-state index in [1.54, 1.807) is 0 Å². The van der Waals surface area contributed by atoms with Crippen molar-refractivity contribution in [1.29, 1.82) is 0 Å². The van der Waals surface area contributed by atoms with Gasteiger partial charge in [-0.1, -0.05) is 0 Å². The Hall–Kier alpha value is -2.71. The molecule has 0 unspecified atom stereocenters. The van der Waals surface area contributed by atoms with Gasteiger partial charge >= 0.3 is 11.7 Å². The van der Waals surface area contributed by atoms with E-state index in [-0.39, 0.29) is 35.4 Å². The van der Waals surface area contributed by atoms with Gasteiger partial charge < -0.3 is 23.7 Å². The summed E-state index contributed by atoms with van der Waals surface area (Å²) in [6, 6.07) is 0. The number of methoxy groups -OCH3 is 3. The van der Waals surface area contributed by atoms with Gasteiger partial charge in [-0.25, -0.2) is 4.79 Å². The van der Waals surface area contributed by atoms with Crippen LogP contribution in [0.5, 0.6) is 23.0 Å². The van der Waals surface area contributed by atoms with Crippen LogP contribution in [0, 0.1) is 10.1 Å². The molecule has 0 atom stereocenters. The third kappa shape index (κ3) is 1.83. The molecule has 0 aromatic heterocycles. The van der Waals surface area contributed by atoms with Crippen LogP contribution in [-0.2, 0) is 4.74 Å². The van der Waals surface area contributed by atoms with Gasteiger partial charge in [-0.2, -0.15) is 0 Å². The molecule has 1 aromatic carbocycles. The second-order valence-corrected chi connectivity index (χ2v) is 3.60. The van der Waals surface area contributed by atoms with Crippen molar-refractivity contribution >= 4 is 11.7 Å². The smallest absolute Gasteiger partial charge is 0.349 e. The standard InChI is InChI=1S/C11H11NO8/c1-16-7-5(11(13)18-3)6(12(14)15)8(17-2)10-9(7)19-4-20-10/h4H2,1-3H3. The molecule has 2 rings (SSSR count). The van der Waals surface area contributed by atoms with E-state index in [9.17, 15) is 14.9 Å². The summed E-state index contributed by atoms with van der Waals surface area (Å²) in [6.07, 6.45) is 0. The summed E-state index contributed by atoms with van der Waals surface area (Å²) in [5, 5.41) is 11.3. The topological polar surface area (TPSA) is 106 Å². The van der Waals surface area contributed by atoms with Crippen LogP contribution in [0.3, 0.4) is 0 Å². The van der Waals surface area contributed by atoms with Crippen molar-refractivity contribution in [2.24, 2.45) is 0 Å². The first-order chi connectivity index (χ1) is 9.56. The highest BCUT2D eigenvalue weighted by Gasteiger charge is 2.40.